The summed E-state index contributed by atoms with van der Waals surface area (Å²) in [6.45, 7) is 1.70. The standard InChI is InChI=1S/C17H18FN7/c18-14-4-3-12(10-21-14)13-2-1-7-20-16(13)25-8-5-11(6-9-25)15-22-17(19)24-23-15/h1-4,7,10-11H,5-6,8-9H2,(H3,19,22,23,24). The van der Waals surface area contributed by atoms with Crippen LogP contribution in [0.3, 0.4) is 0 Å². The number of rotatable bonds is 3. The van der Waals surface area contributed by atoms with E-state index in [1.807, 2.05) is 12.1 Å². The van der Waals surface area contributed by atoms with Gasteiger partial charge in [0.05, 0.1) is 0 Å². The third kappa shape index (κ3) is 3.15. The Balaban J connectivity index is 1.54. The minimum atomic E-state index is -0.485. The van der Waals surface area contributed by atoms with Gasteiger partial charge >= 0.3 is 0 Å². The Morgan fingerprint density at radius 3 is 2.64 bits per heavy atom. The Hall–Kier alpha value is -3.03. The van der Waals surface area contributed by atoms with E-state index < -0.39 is 5.95 Å². The quantitative estimate of drug-likeness (QED) is 0.711. The molecule has 1 saturated heterocycles. The van der Waals surface area contributed by atoms with E-state index in [1.165, 1.54) is 6.07 Å². The van der Waals surface area contributed by atoms with Crippen molar-refractivity contribution < 1.29 is 4.39 Å². The van der Waals surface area contributed by atoms with E-state index in [0.717, 1.165) is 48.7 Å². The molecule has 3 aromatic rings. The van der Waals surface area contributed by atoms with Crippen LogP contribution in [0.4, 0.5) is 16.2 Å². The molecule has 128 valence electrons. The van der Waals surface area contributed by atoms with Gasteiger partial charge in [0.1, 0.15) is 11.6 Å². The van der Waals surface area contributed by atoms with Crippen molar-refractivity contribution in [2.24, 2.45) is 0 Å². The normalized spacial score (nSPS) is 15.5. The van der Waals surface area contributed by atoms with Gasteiger partial charge in [-0.3, -0.25) is 0 Å². The molecule has 0 unspecified atom stereocenters. The number of nitrogens with two attached hydrogens (primary N) is 1. The molecule has 0 atom stereocenters. The third-order valence-electron chi connectivity index (χ3n) is 4.53. The average molecular weight is 339 g/mol. The van der Waals surface area contributed by atoms with Gasteiger partial charge in [0.25, 0.3) is 0 Å². The summed E-state index contributed by atoms with van der Waals surface area (Å²) < 4.78 is 13.1. The number of hydrogen-bond acceptors (Lipinski definition) is 6. The molecule has 3 N–H and O–H groups in total. The lowest BCUT2D eigenvalue weighted by Crippen LogP contribution is -2.34. The van der Waals surface area contributed by atoms with Crippen LogP contribution in [0.2, 0.25) is 0 Å². The highest BCUT2D eigenvalue weighted by Crippen LogP contribution is 2.33. The summed E-state index contributed by atoms with van der Waals surface area (Å²) in [5.74, 6) is 1.93. The number of anilines is 2. The Bertz CT molecular complexity index is 853. The first-order valence-electron chi connectivity index (χ1n) is 8.20. The second kappa shape index (κ2) is 6.46. The smallest absolute Gasteiger partial charge is 0.219 e. The van der Waals surface area contributed by atoms with Gasteiger partial charge in [0.15, 0.2) is 0 Å². The van der Waals surface area contributed by atoms with E-state index >= 15 is 0 Å². The Morgan fingerprint density at radius 2 is 1.96 bits per heavy atom. The highest BCUT2D eigenvalue weighted by atomic mass is 19.1. The second-order valence-corrected chi connectivity index (χ2v) is 6.10. The Kier molecular flexibility index (Phi) is 4.01. The summed E-state index contributed by atoms with van der Waals surface area (Å²) in [5.41, 5.74) is 7.43. The fourth-order valence-electron chi connectivity index (χ4n) is 3.25. The van der Waals surface area contributed by atoms with Crippen LogP contribution in [-0.2, 0) is 0 Å². The molecule has 25 heavy (non-hydrogen) atoms. The van der Waals surface area contributed by atoms with Gasteiger partial charge in [-0.25, -0.2) is 9.97 Å². The molecule has 0 saturated carbocycles. The van der Waals surface area contributed by atoms with Gasteiger partial charge in [0.2, 0.25) is 11.9 Å². The summed E-state index contributed by atoms with van der Waals surface area (Å²) in [5, 5.41) is 7.94. The fourth-order valence-corrected chi connectivity index (χ4v) is 3.25. The maximum absolute atomic E-state index is 13.1. The summed E-state index contributed by atoms with van der Waals surface area (Å²) in [6.07, 6.45) is 5.19. The fraction of sp³-hybridized carbons (Fsp3) is 0.294. The van der Waals surface area contributed by atoms with E-state index in [0.29, 0.717) is 11.9 Å². The SMILES string of the molecule is Nc1nnc(C2CCN(c3ncccc3-c3ccc(F)nc3)CC2)[nH]1. The summed E-state index contributed by atoms with van der Waals surface area (Å²) in [6, 6.07) is 6.96. The topological polar surface area (TPSA) is 96.6 Å². The number of aromatic nitrogens is 5. The van der Waals surface area contributed by atoms with Crippen LogP contribution in [0.5, 0.6) is 0 Å². The van der Waals surface area contributed by atoms with Crippen molar-refractivity contribution in [1.82, 2.24) is 25.1 Å². The number of nitrogens with one attached hydrogen (secondary N) is 1. The largest absolute Gasteiger partial charge is 0.368 e. The zero-order valence-electron chi connectivity index (χ0n) is 13.6. The molecule has 8 heteroatoms. The van der Waals surface area contributed by atoms with Crippen LogP contribution in [0.25, 0.3) is 11.1 Å². The molecule has 1 fully saturated rings. The molecule has 0 aromatic carbocycles. The van der Waals surface area contributed by atoms with Crippen molar-refractivity contribution >= 4 is 11.8 Å². The van der Waals surface area contributed by atoms with E-state index in [9.17, 15) is 4.39 Å². The minimum absolute atomic E-state index is 0.320. The van der Waals surface area contributed by atoms with Crippen LogP contribution in [-0.4, -0.2) is 38.2 Å². The van der Waals surface area contributed by atoms with E-state index in [2.05, 4.69) is 30.0 Å². The van der Waals surface area contributed by atoms with Crippen molar-refractivity contribution in [3.05, 3.63) is 48.4 Å². The van der Waals surface area contributed by atoms with Crippen LogP contribution >= 0.6 is 0 Å². The molecule has 0 spiro atoms. The Labute approximate surface area is 144 Å². The van der Waals surface area contributed by atoms with Gasteiger partial charge in [-0.2, -0.15) is 4.39 Å². The number of aromatic amines is 1. The third-order valence-corrected chi connectivity index (χ3v) is 4.53. The van der Waals surface area contributed by atoms with Gasteiger partial charge in [-0.15, -0.1) is 10.2 Å². The zero-order valence-corrected chi connectivity index (χ0v) is 13.6. The first-order chi connectivity index (χ1) is 12.2. The molecular weight excluding hydrogens is 321 g/mol. The molecule has 0 bridgehead atoms. The molecule has 3 aromatic heterocycles. The van der Waals surface area contributed by atoms with Gasteiger partial charge in [-0.1, -0.05) is 0 Å². The number of nitrogens with zero attached hydrogens (tertiary/aromatic N) is 5. The number of H-pyrrole nitrogens is 1. The minimum Gasteiger partial charge on any atom is -0.368 e. The maximum Gasteiger partial charge on any atom is 0.219 e. The summed E-state index contributed by atoms with van der Waals surface area (Å²) in [4.78, 5) is 13.6. The van der Waals surface area contributed by atoms with E-state index in [-0.39, 0.29) is 0 Å². The average Bonchev–Trinajstić information content (AvgIpc) is 3.09. The van der Waals surface area contributed by atoms with Crippen LogP contribution in [0.15, 0.2) is 36.7 Å². The molecule has 4 rings (SSSR count). The van der Waals surface area contributed by atoms with Gasteiger partial charge < -0.3 is 15.6 Å². The number of hydrogen-bond donors (Lipinski definition) is 2. The van der Waals surface area contributed by atoms with Crippen molar-refractivity contribution in [3.8, 4) is 11.1 Å². The molecule has 4 heterocycles. The lowest BCUT2D eigenvalue weighted by Gasteiger charge is -2.33. The predicted molar refractivity (Wildman–Crippen MR) is 92.4 cm³/mol. The van der Waals surface area contributed by atoms with Gasteiger partial charge in [-0.05, 0) is 37.1 Å². The second-order valence-electron chi connectivity index (χ2n) is 6.10. The zero-order chi connectivity index (χ0) is 17.2. The summed E-state index contributed by atoms with van der Waals surface area (Å²) >= 11 is 0. The van der Waals surface area contributed by atoms with Crippen LogP contribution < -0.4 is 10.6 Å². The van der Waals surface area contributed by atoms with Crippen molar-refractivity contribution in [3.63, 3.8) is 0 Å². The highest BCUT2D eigenvalue weighted by Gasteiger charge is 2.25. The number of halogens is 1. The maximum atomic E-state index is 13.1. The number of piperidine rings is 1. The lowest BCUT2D eigenvalue weighted by atomic mass is 9.95. The van der Waals surface area contributed by atoms with Crippen LogP contribution in [0, 0.1) is 5.95 Å². The Morgan fingerprint density at radius 1 is 1.12 bits per heavy atom. The molecule has 1 aliphatic heterocycles. The first kappa shape index (κ1) is 15.5. The number of pyridine rings is 2. The molecule has 1 aliphatic rings. The van der Waals surface area contributed by atoms with Crippen molar-refractivity contribution in [2.45, 2.75) is 18.8 Å². The summed E-state index contributed by atoms with van der Waals surface area (Å²) in [7, 11) is 0. The first-order valence-corrected chi connectivity index (χ1v) is 8.20. The van der Waals surface area contributed by atoms with Crippen molar-refractivity contribution in [1.29, 1.82) is 0 Å². The van der Waals surface area contributed by atoms with Crippen molar-refractivity contribution in [2.75, 3.05) is 23.7 Å². The number of nitrogen functional groups attached to an aromatic ring is 1. The molecular formula is C17H18FN7. The monoisotopic (exact) mass is 339 g/mol. The van der Waals surface area contributed by atoms with E-state index in [1.54, 1.807) is 18.5 Å². The lowest BCUT2D eigenvalue weighted by molar-refractivity contribution is 0.485. The van der Waals surface area contributed by atoms with Crippen LogP contribution in [0.1, 0.15) is 24.6 Å². The molecule has 0 amide bonds. The van der Waals surface area contributed by atoms with Gasteiger partial charge in [0, 0.05) is 42.5 Å². The molecule has 0 radical (unpaired) electrons. The van der Waals surface area contributed by atoms with E-state index in [4.69, 9.17) is 5.73 Å². The molecule has 7 nitrogen and oxygen atoms in total. The highest BCUT2D eigenvalue weighted by molar-refractivity contribution is 5.75. The molecule has 0 aliphatic carbocycles. The predicted octanol–water partition coefficient (Wildman–Crippen LogP) is 2.37.